The molecule has 2 aromatic rings. The summed E-state index contributed by atoms with van der Waals surface area (Å²) in [5.74, 6) is -2.12. The van der Waals surface area contributed by atoms with E-state index in [0.717, 1.165) is 5.56 Å². The van der Waals surface area contributed by atoms with Gasteiger partial charge in [0.05, 0.1) is 6.61 Å². The maximum absolute atomic E-state index is 12.3. The fourth-order valence-electron chi connectivity index (χ4n) is 2.37. The molecule has 2 atom stereocenters. The minimum atomic E-state index is -1.36. The number of carboxylic acids is 1. The predicted molar refractivity (Wildman–Crippen MR) is 106 cm³/mol. The summed E-state index contributed by atoms with van der Waals surface area (Å²) in [6, 6.07) is 9.58. The molecule has 0 aliphatic heterocycles. The van der Waals surface area contributed by atoms with Gasteiger partial charge in [-0.15, -0.1) is 0 Å². The van der Waals surface area contributed by atoms with Crippen molar-refractivity contribution in [1.29, 1.82) is 0 Å². The number of amides is 2. The van der Waals surface area contributed by atoms with Crippen LogP contribution >= 0.6 is 15.9 Å². The number of hydrogen-bond donors (Lipinski definition) is 4. The van der Waals surface area contributed by atoms with Crippen LogP contribution in [0.1, 0.15) is 11.1 Å². The number of rotatable bonds is 9. The number of nitrogens with zero attached hydrogens (tertiary/aromatic N) is 1. The van der Waals surface area contributed by atoms with Crippen molar-refractivity contribution in [2.45, 2.75) is 25.1 Å². The van der Waals surface area contributed by atoms with Gasteiger partial charge in [-0.2, -0.15) is 0 Å². The van der Waals surface area contributed by atoms with Gasteiger partial charge in [-0.05, 0) is 33.1 Å². The number of carboxylic acid groups (broad SMARTS) is 1. The Morgan fingerprint density at radius 1 is 1.07 bits per heavy atom. The van der Waals surface area contributed by atoms with Gasteiger partial charge in [0.1, 0.15) is 23.3 Å². The highest BCUT2D eigenvalue weighted by Gasteiger charge is 2.27. The monoisotopic (exact) mass is 465 g/mol. The summed E-state index contributed by atoms with van der Waals surface area (Å²) >= 11 is 3.22. The van der Waals surface area contributed by atoms with Crippen LogP contribution in [0.15, 0.2) is 53.3 Å². The van der Waals surface area contributed by atoms with Gasteiger partial charge in [0.15, 0.2) is 0 Å². The lowest BCUT2D eigenvalue weighted by molar-refractivity contribution is -0.142. The van der Waals surface area contributed by atoms with Crippen LogP contribution < -0.4 is 10.6 Å². The Balaban J connectivity index is 1.93. The summed E-state index contributed by atoms with van der Waals surface area (Å²) in [6.07, 6.45) is 0.589. The maximum Gasteiger partial charge on any atom is 0.408 e. The first-order chi connectivity index (χ1) is 13.9. The van der Waals surface area contributed by atoms with Crippen molar-refractivity contribution in [3.63, 3.8) is 0 Å². The van der Waals surface area contributed by atoms with Crippen molar-refractivity contribution in [3.05, 3.63) is 64.4 Å². The fourth-order valence-corrected chi connectivity index (χ4v) is 2.78. The summed E-state index contributed by atoms with van der Waals surface area (Å²) < 4.78 is 5.46. The minimum absolute atomic E-state index is 0.0147. The molecule has 1 aromatic carbocycles. The van der Waals surface area contributed by atoms with E-state index < -0.39 is 36.7 Å². The molecule has 0 bridgehead atoms. The summed E-state index contributed by atoms with van der Waals surface area (Å²) in [7, 11) is 0. The van der Waals surface area contributed by atoms with Crippen LogP contribution in [0.25, 0.3) is 0 Å². The first-order valence-corrected chi connectivity index (χ1v) is 9.40. The normalized spacial score (nSPS) is 12.5. The fraction of sp³-hybridized carbons (Fsp3) is 0.263. The van der Waals surface area contributed by atoms with E-state index >= 15 is 0 Å². The number of ether oxygens (including phenoxy) is 1. The maximum atomic E-state index is 12.3. The Kier molecular flexibility index (Phi) is 8.56. The molecule has 0 aliphatic carbocycles. The summed E-state index contributed by atoms with van der Waals surface area (Å²) in [5, 5.41) is 23.3. The smallest absolute Gasteiger partial charge is 0.408 e. The van der Waals surface area contributed by atoms with Crippen LogP contribution in [0.5, 0.6) is 0 Å². The third-order valence-corrected chi connectivity index (χ3v) is 4.59. The molecule has 0 unspecified atom stereocenters. The SMILES string of the molecule is O=C(N[C@@H](CO)C(=O)N[C@H](Cc1cccnc1Br)C(=O)O)OCc1ccccc1. The molecular formula is C19H20BrN3O6. The van der Waals surface area contributed by atoms with Crippen molar-refractivity contribution >= 4 is 33.9 Å². The van der Waals surface area contributed by atoms with E-state index in [9.17, 15) is 24.6 Å². The highest BCUT2D eigenvalue weighted by atomic mass is 79.9. The van der Waals surface area contributed by atoms with Crippen LogP contribution in [0.4, 0.5) is 4.79 Å². The minimum Gasteiger partial charge on any atom is -0.480 e. The highest BCUT2D eigenvalue weighted by Crippen LogP contribution is 2.14. The van der Waals surface area contributed by atoms with Gasteiger partial charge in [-0.25, -0.2) is 14.6 Å². The van der Waals surface area contributed by atoms with Crippen LogP contribution in [0, 0.1) is 0 Å². The molecule has 0 radical (unpaired) electrons. The second kappa shape index (κ2) is 11.1. The average molecular weight is 466 g/mol. The molecule has 4 N–H and O–H groups in total. The molecule has 1 aromatic heterocycles. The Bertz CT molecular complexity index is 849. The molecule has 0 saturated heterocycles. The van der Waals surface area contributed by atoms with Gasteiger partial charge in [0.25, 0.3) is 0 Å². The van der Waals surface area contributed by atoms with Crippen molar-refractivity contribution in [3.8, 4) is 0 Å². The standard InChI is InChI=1S/C19H20BrN3O6/c20-16-13(7-4-8-21-16)9-14(18(26)27)22-17(25)15(10-24)23-19(28)29-11-12-5-2-1-3-6-12/h1-8,14-15,24H,9-11H2,(H,22,25)(H,23,28)(H,26,27)/t14-,15+/m1/s1. The number of nitrogens with one attached hydrogen (secondary N) is 2. The van der Waals surface area contributed by atoms with Crippen LogP contribution in [0.3, 0.4) is 0 Å². The quantitative estimate of drug-likeness (QED) is 0.408. The number of halogens is 1. The molecule has 0 spiro atoms. The van der Waals surface area contributed by atoms with Gasteiger partial charge in [0, 0.05) is 12.6 Å². The Morgan fingerprint density at radius 2 is 1.79 bits per heavy atom. The molecule has 154 valence electrons. The first-order valence-electron chi connectivity index (χ1n) is 8.61. The zero-order valence-electron chi connectivity index (χ0n) is 15.2. The molecule has 2 rings (SSSR count). The third kappa shape index (κ3) is 7.16. The molecule has 10 heteroatoms. The Hall–Kier alpha value is -2.98. The van der Waals surface area contributed by atoms with E-state index in [1.807, 2.05) is 6.07 Å². The van der Waals surface area contributed by atoms with Crippen molar-refractivity contribution in [2.75, 3.05) is 6.61 Å². The number of hydrogen-bond acceptors (Lipinski definition) is 6. The predicted octanol–water partition coefficient (Wildman–Crippen LogP) is 1.24. The van der Waals surface area contributed by atoms with Crippen LogP contribution in [0.2, 0.25) is 0 Å². The van der Waals surface area contributed by atoms with Gasteiger partial charge >= 0.3 is 12.1 Å². The van der Waals surface area contributed by atoms with Crippen LogP contribution in [-0.4, -0.2) is 51.9 Å². The molecule has 0 saturated carbocycles. The van der Waals surface area contributed by atoms with Crippen molar-refractivity contribution in [2.24, 2.45) is 0 Å². The van der Waals surface area contributed by atoms with E-state index in [-0.39, 0.29) is 13.0 Å². The molecule has 0 aliphatic rings. The topological polar surface area (TPSA) is 138 Å². The molecule has 9 nitrogen and oxygen atoms in total. The number of carbonyl (C=O) groups is 3. The number of alkyl carbamates (subject to hydrolysis) is 1. The Morgan fingerprint density at radius 3 is 2.41 bits per heavy atom. The molecule has 1 heterocycles. The highest BCUT2D eigenvalue weighted by molar-refractivity contribution is 9.10. The van der Waals surface area contributed by atoms with Gasteiger partial charge in [-0.1, -0.05) is 36.4 Å². The number of aliphatic carboxylic acids is 1. The molecule has 29 heavy (non-hydrogen) atoms. The van der Waals surface area contributed by atoms with E-state index in [4.69, 9.17) is 4.74 Å². The third-order valence-electron chi connectivity index (χ3n) is 3.88. The van der Waals surface area contributed by atoms with Gasteiger partial charge < -0.3 is 25.6 Å². The summed E-state index contributed by atoms with van der Waals surface area (Å²) in [6.45, 7) is -0.742. The summed E-state index contributed by atoms with van der Waals surface area (Å²) in [4.78, 5) is 39.8. The zero-order valence-corrected chi connectivity index (χ0v) is 16.8. The lowest BCUT2D eigenvalue weighted by atomic mass is 10.1. The van der Waals surface area contributed by atoms with Crippen molar-refractivity contribution < 1.29 is 29.3 Å². The van der Waals surface area contributed by atoms with Gasteiger partial charge in [-0.3, -0.25) is 4.79 Å². The number of carbonyl (C=O) groups excluding carboxylic acids is 2. The second-order valence-electron chi connectivity index (χ2n) is 6.00. The second-order valence-corrected chi connectivity index (χ2v) is 6.75. The molecule has 0 fully saturated rings. The van der Waals surface area contributed by atoms with Crippen molar-refractivity contribution in [1.82, 2.24) is 15.6 Å². The largest absolute Gasteiger partial charge is 0.480 e. The summed E-state index contributed by atoms with van der Waals surface area (Å²) in [5.41, 5.74) is 1.33. The number of aromatic nitrogens is 1. The van der Waals surface area contributed by atoms with E-state index in [1.54, 1.807) is 36.4 Å². The molecule has 2 amide bonds. The lowest BCUT2D eigenvalue weighted by Gasteiger charge is -2.20. The Labute approximate surface area is 175 Å². The molecular weight excluding hydrogens is 446 g/mol. The number of benzene rings is 1. The lowest BCUT2D eigenvalue weighted by Crippen LogP contribution is -2.53. The average Bonchev–Trinajstić information content (AvgIpc) is 2.72. The first kappa shape index (κ1) is 22.3. The van der Waals surface area contributed by atoms with E-state index in [2.05, 4.69) is 31.5 Å². The van der Waals surface area contributed by atoms with Crippen LogP contribution in [-0.2, 0) is 27.4 Å². The van der Waals surface area contributed by atoms with Gasteiger partial charge in [0.2, 0.25) is 5.91 Å². The number of aliphatic hydroxyl groups excluding tert-OH is 1. The number of aliphatic hydroxyl groups is 1. The van der Waals surface area contributed by atoms with E-state index in [1.165, 1.54) is 6.20 Å². The zero-order chi connectivity index (χ0) is 21.2. The number of pyridine rings is 1. The van der Waals surface area contributed by atoms with E-state index in [0.29, 0.717) is 10.2 Å².